The quantitative estimate of drug-likeness (QED) is 0.895. The van der Waals surface area contributed by atoms with E-state index in [0.29, 0.717) is 6.04 Å². The molecule has 4 heteroatoms. The van der Waals surface area contributed by atoms with Gasteiger partial charge in [-0.25, -0.2) is 4.98 Å². The summed E-state index contributed by atoms with van der Waals surface area (Å²) in [6.45, 7) is 3.32. The van der Waals surface area contributed by atoms with Gasteiger partial charge in [0.15, 0.2) is 5.13 Å². The first kappa shape index (κ1) is 13.4. The molecule has 0 aliphatic heterocycles. The molecule has 0 spiro atoms. The predicted octanol–water partition coefficient (Wildman–Crippen LogP) is 3.41. The lowest BCUT2D eigenvalue weighted by Gasteiger charge is -2.33. The van der Waals surface area contributed by atoms with E-state index in [0.717, 1.165) is 18.5 Å². The van der Waals surface area contributed by atoms with E-state index in [2.05, 4.69) is 29.6 Å². The van der Waals surface area contributed by atoms with Crippen LogP contribution in [0.5, 0.6) is 0 Å². The Labute approximate surface area is 120 Å². The topological polar surface area (TPSA) is 28.2 Å². The summed E-state index contributed by atoms with van der Waals surface area (Å²) >= 11 is 1.80. The molecule has 0 atom stereocenters. The number of hydrogen-bond donors (Lipinski definition) is 1. The molecule has 106 valence electrons. The third-order valence-corrected chi connectivity index (χ3v) is 5.50. The first-order valence-electron chi connectivity index (χ1n) is 7.63. The molecule has 2 saturated carbocycles. The van der Waals surface area contributed by atoms with Gasteiger partial charge in [0.25, 0.3) is 0 Å². The second-order valence-corrected chi connectivity index (χ2v) is 7.14. The molecule has 1 aromatic heterocycles. The minimum absolute atomic E-state index is 0.701. The Morgan fingerprint density at radius 3 is 2.68 bits per heavy atom. The Kier molecular flexibility index (Phi) is 4.08. The van der Waals surface area contributed by atoms with E-state index >= 15 is 0 Å². The summed E-state index contributed by atoms with van der Waals surface area (Å²) in [5, 5.41) is 6.95. The zero-order chi connectivity index (χ0) is 13.2. The van der Waals surface area contributed by atoms with Gasteiger partial charge < -0.3 is 10.2 Å². The van der Waals surface area contributed by atoms with Crippen molar-refractivity contribution in [3.8, 4) is 0 Å². The molecule has 0 radical (unpaired) electrons. The number of rotatable bonds is 5. The summed E-state index contributed by atoms with van der Waals surface area (Å²) in [5.41, 5.74) is 1.21. The molecule has 1 aromatic rings. The van der Waals surface area contributed by atoms with Gasteiger partial charge in [0.05, 0.1) is 5.69 Å². The predicted molar refractivity (Wildman–Crippen MR) is 81.8 cm³/mol. The van der Waals surface area contributed by atoms with Crippen LogP contribution in [0.1, 0.15) is 51.1 Å². The second kappa shape index (κ2) is 5.80. The van der Waals surface area contributed by atoms with Crippen LogP contribution in [-0.4, -0.2) is 24.1 Å². The lowest BCUT2D eigenvalue weighted by Crippen LogP contribution is -2.34. The smallest absolute Gasteiger partial charge is 0.185 e. The zero-order valence-electron chi connectivity index (χ0n) is 12.1. The van der Waals surface area contributed by atoms with Crippen molar-refractivity contribution in [2.24, 2.45) is 5.92 Å². The van der Waals surface area contributed by atoms with Crippen LogP contribution < -0.4 is 10.2 Å². The highest BCUT2D eigenvalue weighted by Gasteiger charge is 2.24. The van der Waals surface area contributed by atoms with E-state index in [-0.39, 0.29) is 0 Å². The summed E-state index contributed by atoms with van der Waals surface area (Å²) in [5.74, 6) is 0.916. The van der Waals surface area contributed by atoms with E-state index in [1.165, 1.54) is 49.4 Å². The molecular weight excluding hydrogens is 254 g/mol. The first-order valence-corrected chi connectivity index (χ1v) is 8.51. The number of hydrogen-bond acceptors (Lipinski definition) is 4. The van der Waals surface area contributed by atoms with Crippen molar-refractivity contribution in [2.75, 3.05) is 11.9 Å². The molecule has 0 amide bonds. The van der Waals surface area contributed by atoms with Gasteiger partial charge in [-0.3, -0.25) is 0 Å². The van der Waals surface area contributed by atoms with Crippen molar-refractivity contribution >= 4 is 16.5 Å². The second-order valence-electron chi connectivity index (χ2n) is 6.30. The monoisotopic (exact) mass is 279 g/mol. The maximum Gasteiger partial charge on any atom is 0.185 e. The van der Waals surface area contributed by atoms with E-state index in [1.807, 2.05) is 0 Å². The van der Waals surface area contributed by atoms with Crippen molar-refractivity contribution < 1.29 is 0 Å². The summed E-state index contributed by atoms with van der Waals surface area (Å²) in [4.78, 5) is 7.20. The first-order chi connectivity index (χ1) is 9.22. The molecule has 1 N–H and O–H groups in total. The van der Waals surface area contributed by atoms with Gasteiger partial charge in [-0.05, 0) is 44.4 Å². The van der Waals surface area contributed by atoms with Crippen molar-refractivity contribution in [1.29, 1.82) is 0 Å². The van der Waals surface area contributed by atoms with Gasteiger partial charge in [-0.2, -0.15) is 0 Å². The highest BCUT2D eigenvalue weighted by molar-refractivity contribution is 7.13. The molecule has 0 aromatic carbocycles. The number of nitrogens with one attached hydrogen (secondary N) is 1. The van der Waals surface area contributed by atoms with Crippen LogP contribution in [0.2, 0.25) is 0 Å². The van der Waals surface area contributed by atoms with Crippen molar-refractivity contribution in [3.63, 3.8) is 0 Å². The van der Waals surface area contributed by atoms with Crippen LogP contribution >= 0.6 is 11.3 Å². The van der Waals surface area contributed by atoms with Crippen molar-refractivity contribution in [3.05, 3.63) is 11.1 Å². The fourth-order valence-corrected chi connectivity index (χ4v) is 3.72. The van der Waals surface area contributed by atoms with Gasteiger partial charge in [0.1, 0.15) is 0 Å². The highest BCUT2D eigenvalue weighted by Crippen LogP contribution is 2.31. The number of anilines is 1. The number of nitrogens with zero attached hydrogens (tertiary/aromatic N) is 2. The van der Waals surface area contributed by atoms with Crippen molar-refractivity contribution in [2.45, 2.75) is 64.1 Å². The molecule has 2 aliphatic rings. The summed E-state index contributed by atoms with van der Waals surface area (Å²) in [7, 11) is 2.22. The maximum absolute atomic E-state index is 4.79. The lowest BCUT2D eigenvalue weighted by molar-refractivity contribution is 0.340. The highest BCUT2D eigenvalue weighted by atomic mass is 32.1. The Morgan fingerprint density at radius 2 is 2.00 bits per heavy atom. The van der Waals surface area contributed by atoms with Crippen molar-refractivity contribution in [1.82, 2.24) is 10.3 Å². The number of aromatic nitrogens is 1. The lowest BCUT2D eigenvalue weighted by atomic mass is 9.87. The van der Waals surface area contributed by atoms with Gasteiger partial charge in [-0.1, -0.05) is 6.92 Å². The molecule has 1 heterocycles. The molecule has 0 bridgehead atoms. The van der Waals surface area contributed by atoms with Gasteiger partial charge >= 0.3 is 0 Å². The average Bonchev–Trinajstić information content (AvgIpc) is 3.13. The summed E-state index contributed by atoms with van der Waals surface area (Å²) < 4.78 is 0. The van der Waals surface area contributed by atoms with Gasteiger partial charge in [-0.15, -0.1) is 11.3 Å². The van der Waals surface area contributed by atoms with Gasteiger partial charge in [0.2, 0.25) is 0 Å². The van der Waals surface area contributed by atoms with Gasteiger partial charge in [0, 0.05) is 31.1 Å². The third-order valence-electron chi connectivity index (χ3n) is 4.52. The van der Waals surface area contributed by atoms with E-state index in [4.69, 9.17) is 4.98 Å². The minimum atomic E-state index is 0.701. The Bertz CT molecular complexity index is 405. The Morgan fingerprint density at radius 1 is 1.26 bits per heavy atom. The standard InChI is InChI=1S/C15H25N3S/c1-11-3-7-14(8-4-11)18(2)15-17-13(10-19-15)9-16-12-5-6-12/h10-12,14,16H,3-9H2,1-2H3. The molecule has 2 aliphatic carbocycles. The Hall–Kier alpha value is -0.610. The van der Waals surface area contributed by atoms with Crippen LogP contribution in [-0.2, 0) is 6.54 Å². The molecule has 19 heavy (non-hydrogen) atoms. The SMILES string of the molecule is CC1CCC(N(C)c2nc(CNC3CC3)cs2)CC1. The van der Waals surface area contributed by atoms with Crippen LogP contribution in [0, 0.1) is 5.92 Å². The van der Waals surface area contributed by atoms with Crippen LogP contribution in [0.15, 0.2) is 5.38 Å². The average molecular weight is 279 g/mol. The fraction of sp³-hybridized carbons (Fsp3) is 0.800. The zero-order valence-corrected chi connectivity index (χ0v) is 12.9. The minimum Gasteiger partial charge on any atom is -0.348 e. The number of thiazole rings is 1. The maximum atomic E-state index is 4.79. The van der Waals surface area contributed by atoms with E-state index in [1.54, 1.807) is 11.3 Å². The van der Waals surface area contributed by atoms with Crippen LogP contribution in [0.3, 0.4) is 0 Å². The molecular formula is C15H25N3S. The van der Waals surface area contributed by atoms with E-state index in [9.17, 15) is 0 Å². The molecule has 0 saturated heterocycles. The Balaban J connectivity index is 1.54. The molecule has 3 nitrogen and oxygen atoms in total. The third kappa shape index (κ3) is 3.48. The molecule has 3 rings (SSSR count). The largest absolute Gasteiger partial charge is 0.348 e. The summed E-state index contributed by atoms with van der Waals surface area (Å²) in [6.07, 6.45) is 8.08. The normalized spacial score (nSPS) is 27.5. The van der Waals surface area contributed by atoms with E-state index < -0.39 is 0 Å². The van der Waals surface area contributed by atoms with Crippen LogP contribution in [0.4, 0.5) is 5.13 Å². The molecule has 2 fully saturated rings. The van der Waals surface area contributed by atoms with Crippen LogP contribution in [0.25, 0.3) is 0 Å². The fourth-order valence-electron chi connectivity index (χ4n) is 2.86. The summed E-state index contributed by atoms with van der Waals surface area (Å²) in [6, 6.07) is 1.47. The molecule has 0 unspecified atom stereocenters.